The van der Waals surface area contributed by atoms with Crippen molar-refractivity contribution >= 4 is 139 Å². The van der Waals surface area contributed by atoms with E-state index in [0.717, 1.165) is 16.6 Å². The van der Waals surface area contributed by atoms with Gasteiger partial charge in [0.05, 0.1) is 31.7 Å². The fourth-order valence-electron chi connectivity index (χ4n) is 6.42. The Morgan fingerprint density at radius 2 is 0.663 bits per heavy atom. The number of carbonyl (C=O) groups is 2. The molecular weight excluding hydrogens is 1410 g/mol. The molecule has 0 spiro atoms. The number of amides is 2. The first-order valence-electron chi connectivity index (χ1n) is 22.7. The summed E-state index contributed by atoms with van der Waals surface area (Å²) in [4.78, 5) is 21.8. The minimum absolute atomic E-state index is 0. The molecule has 86 heavy (non-hydrogen) atoms. The summed E-state index contributed by atoms with van der Waals surface area (Å²) in [5.74, 6) is -4.03. The lowest BCUT2D eigenvalue weighted by Crippen LogP contribution is -2.38. The van der Waals surface area contributed by atoms with Gasteiger partial charge in [0.1, 0.15) is 21.0 Å². The molecule has 3 aromatic heterocycles. The maximum Gasteiger partial charge on any atom is 0.471 e. The van der Waals surface area contributed by atoms with Crippen LogP contribution in [0.15, 0.2) is 225 Å². The number of rotatable bonds is 14. The van der Waals surface area contributed by atoms with Crippen molar-refractivity contribution in [3.63, 3.8) is 0 Å². The zero-order valence-electron chi connectivity index (χ0n) is 42.8. The normalized spacial score (nSPS) is 12.7. The fraction of sp³-hybridized carbons (Fsp3) is 0.137. The highest BCUT2D eigenvalue weighted by molar-refractivity contribution is 9.10. The van der Waals surface area contributed by atoms with Crippen molar-refractivity contribution < 1.29 is 90.3 Å². The van der Waals surface area contributed by atoms with Crippen LogP contribution in [-0.2, 0) is 68.2 Å². The number of alkyl halides is 6. The number of benzene rings is 5. The summed E-state index contributed by atoms with van der Waals surface area (Å²) in [5, 5.41) is 3.66. The standard InChI is InChI=1S/C20H16F3NO5S3.C10H9BrF3NO.C10H7ClO4S3.C10H7FO4S3.CH4.B/c1-13(24-19(25)20(21,22)23)14-7-9-16(10-8-14)32(28,29)18-12-11-17(30-18)31(26,27)15-5-3-2-4-6-15;1-6(15-9(16)10(12,13)14)7-2-4-8(11)5-3-7;2*11-18(14,15)10-7-6-9(16-10)17(12,13)8-4-2-1-3-5-8;;/h2-13H,1H3,(H,24,25);2-6H,1H3,(H,15,16);2*1-7H;1H4;/t13-;6-;;;;/m00..../s1. The van der Waals surface area contributed by atoms with Crippen LogP contribution >= 0.6 is 60.6 Å². The van der Waals surface area contributed by atoms with Crippen LogP contribution in [-0.4, -0.2) is 83.1 Å². The highest BCUT2D eigenvalue weighted by Gasteiger charge is 2.40. The lowest BCUT2D eigenvalue weighted by molar-refractivity contribution is -0.174. The van der Waals surface area contributed by atoms with E-state index in [0.29, 0.717) is 39.6 Å². The van der Waals surface area contributed by atoms with E-state index in [2.05, 4.69) is 15.9 Å². The number of carbonyl (C=O) groups excluding carboxylic acids is 2. The first-order chi connectivity index (χ1) is 38.8. The molecule has 5 aromatic carbocycles. The molecule has 8 aromatic rings. The highest BCUT2D eigenvalue weighted by Crippen LogP contribution is 2.35. The van der Waals surface area contributed by atoms with Gasteiger partial charge in [0.2, 0.25) is 39.3 Å². The Morgan fingerprint density at radius 1 is 0.419 bits per heavy atom. The third-order valence-electron chi connectivity index (χ3n) is 10.6. The third kappa shape index (κ3) is 19.8. The number of halogens is 9. The van der Waals surface area contributed by atoms with Gasteiger partial charge in [0.15, 0.2) is 4.21 Å². The van der Waals surface area contributed by atoms with Crippen LogP contribution in [0.2, 0.25) is 0 Å². The van der Waals surface area contributed by atoms with Crippen molar-refractivity contribution in [1.82, 2.24) is 10.6 Å². The predicted molar refractivity (Wildman–Crippen MR) is 314 cm³/mol. The van der Waals surface area contributed by atoms with Crippen LogP contribution in [0, 0.1) is 0 Å². The number of thiophene rings is 3. The van der Waals surface area contributed by atoms with Gasteiger partial charge in [-0.1, -0.05) is 106 Å². The molecule has 0 aliphatic carbocycles. The fourth-order valence-corrected chi connectivity index (χ4v) is 18.8. The van der Waals surface area contributed by atoms with Gasteiger partial charge in [-0.15, -0.1) is 34.0 Å². The molecule has 8 rings (SSSR count). The second-order valence-corrected chi connectivity index (χ2v) is 33.8. The van der Waals surface area contributed by atoms with E-state index in [4.69, 9.17) is 10.7 Å². The zero-order chi connectivity index (χ0) is 62.9. The largest absolute Gasteiger partial charge is 0.471 e. The average Bonchev–Trinajstić information content (AvgIpc) is 2.26. The zero-order valence-corrected chi connectivity index (χ0v) is 52.5. The Kier molecular flexibility index (Phi) is 25.9. The molecule has 35 heteroatoms. The first kappa shape index (κ1) is 74.4. The molecule has 0 aliphatic rings. The molecule has 2 atom stereocenters. The van der Waals surface area contributed by atoms with Crippen LogP contribution in [0.1, 0.15) is 44.5 Å². The lowest BCUT2D eigenvalue weighted by Gasteiger charge is -2.16. The SMILES string of the molecule is C.C[C@H](NC(=O)C(F)(F)F)c1ccc(Br)cc1.C[C@H](NC(=O)C(F)(F)F)c1ccc(S(=O)(=O)c2ccc(S(=O)(=O)c3ccccc3)s2)cc1.O=S(=O)(Cl)c1ccc(S(=O)(=O)c2ccccc2)s1.O=S(=O)(F)c1ccc(S(=O)(=O)c2ccccc2)s1.[B]. The maximum absolute atomic E-state index is 12.9. The summed E-state index contributed by atoms with van der Waals surface area (Å²) in [6.07, 6.45) is -9.88. The van der Waals surface area contributed by atoms with Crippen LogP contribution in [0.5, 0.6) is 0 Å². The molecule has 16 nitrogen and oxygen atoms in total. The van der Waals surface area contributed by atoms with Crippen molar-refractivity contribution in [2.45, 2.75) is 90.5 Å². The van der Waals surface area contributed by atoms with E-state index < -0.39 is 99.1 Å². The molecule has 0 fully saturated rings. The van der Waals surface area contributed by atoms with E-state index >= 15 is 0 Å². The minimum atomic E-state index is -5.03. The van der Waals surface area contributed by atoms with Crippen LogP contribution in [0.3, 0.4) is 0 Å². The Balaban J connectivity index is 0.000000312. The van der Waals surface area contributed by atoms with E-state index in [1.165, 1.54) is 98.8 Å². The van der Waals surface area contributed by atoms with Crippen molar-refractivity contribution in [3.05, 3.63) is 192 Å². The van der Waals surface area contributed by atoms with E-state index in [1.807, 2.05) is 5.32 Å². The van der Waals surface area contributed by atoms with Crippen LogP contribution < -0.4 is 10.6 Å². The Labute approximate surface area is 518 Å². The number of nitrogens with one attached hydrogen (secondary N) is 2. The molecule has 3 radical (unpaired) electrons. The topological polar surface area (TPSA) is 263 Å². The smallest absolute Gasteiger partial charge is 0.342 e. The average molecular weight is 1460 g/mol. The molecule has 3 heterocycles. The van der Waals surface area contributed by atoms with E-state index in [1.54, 1.807) is 84.2 Å². The van der Waals surface area contributed by atoms with Gasteiger partial charge in [0, 0.05) is 23.6 Å². The second-order valence-electron chi connectivity index (χ2n) is 16.6. The predicted octanol–water partition coefficient (Wildman–Crippen LogP) is 12.3. The molecular formula is C51H43BBrClF7N2O14S9. The summed E-state index contributed by atoms with van der Waals surface area (Å²) in [6, 6.07) is 39.7. The van der Waals surface area contributed by atoms with E-state index in [9.17, 15) is 90.3 Å². The second kappa shape index (κ2) is 29.9. The van der Waals surface area contributed by atoms with Crippen LogP contribution in [0.25, 0.3) is 0 Å². The van der Waals surface area contributed by atoms with Crippen molar-refractivity contribution in [2.75, 3.05) is 0 Å². The number of hydrogen-bond donors (Lipinski definition) is 2. The summed E-state index contributed by atoms with van der Waals surface area (Å²) < 4.78 is 228. The molecule has 0 saturated carbocycles. The van der Waals surface area contributed by atoms with E-state index in [-0.39, 0.29) is 62.0 Å². The number of hydrogen-bond acceptors (Lipinski definition) is 17. The third-order valence-corrected chi connectivity index (χ3v) is 26.8. The Morgan fingerprint density at radius 3 is 0.919 bits per heavy atom. The lowest BCUT2D eigenvalue weighted by atomic mass is 10.1. The van der Waals surface area contributed by atoms with Crippen molar-refractivity contribution in [2.24, 2.45) is 0 Å². The summed E-state index contributed by atoms with van der Waals surface area (Å²) in [5.41, 5.74) is 0.876. The van der Waals surface area contributed by atoms with Gasteiger partial charge in [-0.25, -0.2) is 42.1 Å². The summed E-state index contributed by atoms with van der Waals surface area (Å²) in [7, 11) is -19.0. The molecule has 0 saturated heterocycles. The summed E-state index contributed by atoms with van der Waals surface area (Å²) >= 11 is 4.83. The van der Waals surface area contributed by atoms with Gasteiger partial charge in [0.25, 0.3) is 9.05 Å². The van der Waals surface area contributed by atoms with Crippen molar-refractivity contribution in [1.29, 1.82) is 0 Å². The highest BCUT2D eigenvalue weighted by atomic mass is 79.9. The molecule has 0 aliphatic heterocycles. The quantitative estimate of drug-likeness (QED) is 0.0583. The van der Waals surface area contributed by atoms with Gasteiger partial charge in [-0.05, 0) is 122 Å². The summed E-state index contributed by atoms with van der Waals surface area (Å²) in [6.45, 7) is 2.82. The molecule has 2 amide bonds. The Bertz CT molecular complexity index is 4180. The van der Waals surface area contributed by atoms with Gasteiger partial charge >= 0.3 is 34.4 Å². The number of sulfone groups is 4. The maximum atomic E-state index is 12.9. The monoisotopic (exact) mass is 1450 g/mol. The van der Waals surface area contributed by atoms with Gasteiger partial charge in [-0.3, -0.25) is 9.59 Å². The molecule has 0 bridgehead atoms. The van der Waals surface area contributed by atoms with Gasteiger partial charge in [-0.2, -0.15) is 34.8 Å². The molecule has 0 unspecified atom stereocenters. The first-order valence-corrected chi connectivity index (χ1v) is 35.6. The molecule has 461 valence electrons. The van der Waals surface area contributed by atoms with Crippen LogP contribution in [0.4, 0.5) is 30.2 Å². The van der Waals surface area contributed by atoms with Gasteiger partial charge < -0.3 is 10.6 Å². The molecule has 2 N–H and O–H groups in total. The Hall–Kier alpha value is -5.82. The minimum Gasteiger partial charge on any atom is -0.342 e. The van der Waals surface area contributed by atoms with Crippen molar-refractivity contribution in [3.8, 4) is 0 Å².